The first-order valence-corrected chi connectivity index (χ1v) is 8.82. The third-order valence-corrected chi connectivity index (χ3v) is 5.06. The summed E-state index contributed by atoms with van der Waals surface area (Å²) in [5, 5.41) is 0. The zero-order valence-corrected chi connectivity index (χ0v) is 15.0. The lowest BCUT2D eigenvalue weighted by Crippen LogP contribution is -2.41. The third-order valence-electron chi connectivity index (χ3n) is 5.06. The Morgan fingerprint density at radius 2 is 1.68 bits per heavy atom. The van der Waals surface area contributed by atoms with Crippen molar-refractivity contribution in [2.75, 3.05) is 0 Å². The average Bonchev–Trinajstić information content (AvgIpc) is 3.16. The van der Waals surface area contributed by atoms with Crippen LogP contribution in [0, 0.1) is 20.8 Å². The van der Waals surface area contributed by atoms with Crippen LogP contribution in [-0.2, 0) is 0 Å². The zero-order valence-electron chi connectivity index (χ0n) is 15.0. The number of aromatic nitrogens is 1. The van der Waals surface area contributed by atoms with Crippen LogP contribution < -0.4 is 10.9 Å². The van der Waals surface area contributed by atoms with Crippen molar-refractivity contribution < 1.29 is 14.0 Å². The fourth-order valence-corrected chi connectivity index (χ4v) is 3.78. The number of aryl methyl sites for hydroxylation is 2. The Labute approximate surface area is 147 Å². The molecule has 0 aliphatic heterocycles. The predicted molar refractivity (Wildman–Crippen MR) is 94.4 cm³/mol. The molecule has 2 heterocycles. The van der Waals surface area contributed by atoms with Crippen molar-refractivity contribution in [2.45, 2.75) is 58.9 Å². The van der Waals surface area contributed by atoms with Crippen molar-refractivity contribution in [3.8, 4) is 0 Å². The first kappa shape index (κ1) is 17.3. The molecule has 2 N–H and O–H groups in total. The van der Waals surface area contributed by atoms with Crippen LogP contribution in [0.5, 0.6) is 0 Å². The SMILES string of the molecule is Cc1occc1C(=O)NNC(=O)c1cc(C)n(C2CCCCC2)c1C. The van der Waals surface area contributed by atoms with Crippen LogP contribution in [0.3, 0.4) is 0 Å². The van der Waals surface area contributed by atoms with Gasteiger partial charge in [0.2, 0.25) is 0 Å². The summed E-state index contributed by atoms with van der Waals surface area (Å²) < 4.78 is 7.38. The maximum Gasteiger partial charge on any atom is 0.273 e. The molecule has 3 rings (SSSR count). The molecule has 1 saturated carbocycles. The van der Waals surface area contributed by atoms with Gasteiger partial charge in [0.15, 0.2) is 0 Å². The van der Waals surface area contributed by atoms with E-state index < -0.39 is 0 Å². The minimum atomic E-state index is -0.388. The van der Waals surface area contributed by atoms with Crippen LogP contribution in [0.25, 0.3) is 0 Å². The van der Waals surface area contributed by atoms with Gasteiger partial charge in [-0.25, -0.2) is 0 Å². The topological polar surface area (TPSA) is 76.3 Å². The Bertz CT molecular complexity index is 782. The minimum Gasteiger partial charge on any atom is -0.469 e. The van der Waals surface area contributed by atoms with Gasteiger partial charge in [-0.3, -0.25) is 20.4 Å². The summed E-state index contributed by atoms with van der Waals surface area (Å²) in [5.74, 6) is -0.174. The van der Waals surface area contributed by atoms with E-state index >= 15 is 0 Å². The van der Waals surface area contributed by atoms with Crippen LogP contribution in [-0.4, -0.2) is 16.4 Å². The Kier molecular flexibility index (Phi) is 4.97. The number of nitrogens with zero attached hydrogens (tertiary/aromatic N) is 1. The van der Waals surface area contributed by atoms with Gasteiger partial charge in [-0.1, -0.05) is 19.3 Å². The highest BCUT2D eigenvalue weighted by atomic mass is 16.3. The van der Waals surface area contributed by atoms with Crippen LogP contribution in [0.4, 0.5) is 0 Å². The first-order valence-electron chi connectivity index (χ1n) is 8.82. The maximum absolute atomic E-state index is 12.5. The number of carbonyl (C=O) groups excluding carboxylic acids is 2. The van der Waals surface area contributed by atoms with Crippen molar-refractivity contribution in [3.63, 3.8) is 0 Å². The lowest BCUT2D eigenvalue weighted by atomic mass is 9.95. The Morgan fingerprint density at radius 1 is 1.04 bits per heavy atom. The van der Waals surface area contributed by atoms with E-state index in [-0.39, 0.29) is 11.8 Å². The molecule has 0 spiro atoms. The lowest BCUT2D eigenvalue weighted by molar-refractivity contribution is 0.0845. The second kappa shape index (κ2) is 7.17. The number of nitrogens with one attached hydrogen (secondary N) is 2. The summed E-state index contributed by atoms with van der Waals surface area (Å²) in [5.41, 5.74) is 8.01. The maximum atomic E-state index is 12.5. The van der Waals surface area contributed by atoms with Crippen LogP contribution in [0.1, 0.15) is 76.0 Å². The lowest BCUT2D eigenvalue weighted by Gasteiger charge is -2.26. The van der Waals surface area contributed by atoms with Gasteiger partial charge >= 0.3 is 0 Å². The number of hydrogen-bond donors (Lipinski definition) is 2. The highest BCUT2D eigenvalue weighted by Gasteiger charge is 2.23. The largest absolute Gasteiger partial charge is 0.469 e. The summed E-state index contributed by atoms with van der Waals surface area (Å²) in [6.45, 7) is 5.71. The molecule has 0 atom stereocenters. The van der Waals surface area contributed by atoms with Gasteiger partial charge in [-0.05, 0) is 45.7 Å². The summed E-state index contributed by atoms with van der Waals surface area (Å²) in [7, 11) is 0. The Morgan fingerprint density at radius 3 is 2.28 bits per heavy atom. The van der Waals surface area contributed by atoms with Crippen molar-refractivity contribution >= 4 is 11.8 Å². The molecular weight excluding hydrogens is 318 g/mol. The van der Waals surface area contributed by atoms with Gasteiger partial charge in [0, 0.05) is 17.4 Å². The number of carbonyl (C=O) groups is 2. The molecule has 0 radical (unpaired) electrons. The number of amides is 2. The molecule has 134 valence electrons. The van der Waals surface area contributed by atoms with Crippen molar-refractivity contribution in [2.24, 2.45) is 0 Å². The average molecular weight is 343 g/mol. The molecule has 25 heavy (non-hydrogen) atoms. The Balaban J connectivity index is 1.70. The summed E-state index contributed by atoms with van der Waals surface area (Å²) in [6.07, 6.45) is 7.54. The number of furan rings is 1. The fraction of sp³-hybridized carbons (Fsp3) is 0.474. The second-order valence-corrected chi connectivity index (χ2v) is 6.75. The molecule has 0 aromatic carbocycles. The van der Waals surface area contributed by atoms with Gasteiger partial charge in [0.05, 0.1) is 17.4 Å². The van der Waals surface area contributed by atoms with Crippen LogP contribution >= 0.6 is 0 Å². The number of rotatable bonds is 3. The van der Waals surface area contributed by atoms with Crippen molar-refractivity contribution in [3.05, 3.63) is 46.7 Å². The molecule has 2 amide bonds. The molecule has 0 unspecified atom stereocenters. The van der Waals surface area contributed by atoms with E-state index in [0.717, 1.165) is 24.2 Å². The van der Waals surface area contributed by atoms with Crippen LogP contribution in [0.15, 0.2) is 22.8 Å². The van der Waals surface area contributed by atoms with E-state index in [2.05, 4.69) is 15.4 Å². The van der Waals surface area contributed by atoms with Gasteiger partial charge in [-0.15, -0.1) is 0 Å². The number of hydrazine groups is 1. The van der Waals surface area contributed by atoms with E-state index in [4.69, 9.17) is 4.42 Å². The molecular formula is C19H25N3O3. The van der Waals surface area contributed by atoms with Crippen molar-refractivity contribution in [1.29, 1.82) is 0 Å². The van der Waals surface area contributed by atoms with Gasteiger partial charge in [0.25, 0.3) is 11.8 Å². The van der Waals surface area contributed by atoms with Gasteiger partial charge in [0.1, 0.15) is 5.76 Å². The second-order valence-electron chi connectivity index (χ2n) is 6.75. The standard InChI is InChI=1S/C19H25N3O3/c1-12-11-17(13(2)22(12)15-7-5-4-6-8-15)19(24)21-20-18(23)16-9-10-25-14(16)3/h9-11,15H,4-8H2,1-3H3,(H,20,23)(H,21,24). The normalized spacial score (nSPS) is 15.2. The van der Waals surface area contributed by atoms with E-state index in [9.17, 15) is 9.59 Å². The van der Waals surface area contributed by atoms with Crippen LogP contribution in [0.2, 0.25) is 0 Å². The Hall–Kier alpha value is -2.50. The van der Waals surface area contributed by atoms with E-state index in [0.29, 0.717) is 22.9 Å². The van der Waals surface area contributed by atoms with Gasteiger partial charge < -0.3 is 8.98 Å². The molecule has 6 heteroatoms. The number of hydrogen-bond acceptors (Lipinski definition) is 3. The highest BCUT2D eigenvalue weighted by Crippen LogP contribution is 2.32. The van der Waals surface area contributed by atoms with Gasteiger partial charge in [-0.2, -0.15) is 0 Å². The third kappa shape index (κ3) is 3.48. The van der Waals surface area contributed by atoms with Crippen molar-refractivity contribution in [1.82, 2.24) is 15.4 Å². The van der Waals surface area contributed by atoms with E-state index in [1.165, 1.54) is 25.5 Å². The quantitative estimate of drug-likeness (QED) is 0.836. The predicted octanol–water partition coefficient (Wildman–Crippen LogP) is 3.59. The fourth-order valence-electron chi connectivity index (χ4n) is 3.78. The summed E-state index contributed by atoms with van der Waals surface area (Å²) >= 11 is 0. The molecule has 2 aromatic rings. The minimum absolute atomic E-state index is 0.301. The molecule has 1 fully saturated rings. The monoisotopic (exact) mass is 343 g/mol. The summed E-state index contributed by atoms with van der Waals surface area (Å²) in [6, 6.07) is 3.94. The summed E-state index contributed by atoms with van der Waals surface area (Å²) in [4.78, 5) is 24.6. The molecule has 2 aromatic heterocycles. The van der Waals surface area contributed by atoms with E-state index in [1.807, 2.05) is 19.9 Å². The molecule has 1 aliphatic carbocycles. The molecule has 1 aliphatic rings. The molecule has 6 nitrogen and oxygen atoms in total. The zero-order chi connectivity index (χ0) is 18.0. The highest BCUT2D eigenvalue weighted by molar-refractivity contribution is 6.00. The molecule has 0 saturated heterocycles. The molecule has 0 bridgehead atoms. The smallest absolute Gasteiger partial charge is 0.273 e. The first-order chi connectivity index (χ1) is 12.0. The van der Waals surface area contributed by atoms with E-state index in [1.54, 1.807) is 13.0 Å².